The summed E-state index contributed by atoms with van der Waals surface area (Å²) in [6.07, 6.45) is 1.06. The van der Waals surface area contributed by atoms with E-state index < -0.39 is 22.5 Å². The minimum Gasteiger partial charge on any atom is -0.480 e. The van der Waals surface area contributed by atoms with Crippen molar-refractivity contribution >= 4 is 28.9 Å². The van der Waals surface area contributed by atoms with E-state index in [1.807, 2.05) is 30.3 Å². The number of carbonyl (C=O) groups is 1. The highest BCUT2D eigenvalue weighted by atomic mass is 32.2. The zero-order chi connectivity index (χ0) is 20.4. The number of hydrogen-bond donors (Lipinski definition) is 1. The van der Waals surface area contributed by atoms with Crippen LogP contribution in [0.25, 0.3) is 11.2 Å². The van der Waals surface area contributed by atoms with Crippen molar-refractivity contribution in [3.8, 4) is 0 Å². The molecule has 0 amide bonds. The lowest BCUT2D eigenvalue weighted by atomic mass is 10.1. The SMILES string of the molecule is CCC(Sc1nc2c(c(=O)n(C)c(=O)n2C)n1CCc1ccccc1)C(=O)O. The first-order chi connectivity index (χ1) is 13.3. The number of carboxylic acid groups (broad SMARTS) is 1. The first-order valence-corrected chi connectivity index (χ1v) is 9.82. The zero-order valence-corrected chi connectivity index (χ0v) is 16.8. The second-order valence-corrected chi connectivity index (χ2v) is 7.68. The molecule has 0 aliphatic heterocycles. The van der Waals surface area contributed by atoms with Gasteiger partial charge in [-0.1, -0.05) is 49.0 Å². The maximum absolute atomic E-state index is 12.8. The monoisotopic (exact) mass is 402 g/mol. The molecule has 0 aliphatic carbocycles. The van der Waals surface area contributed by atoms with Crippen molar-refractivity contribution in [1.29, 1.82) is 0 Å². The minimum absolute atomic E-state index is 0.268. The number of nitrogens with zero attached hydrogens (tertiary/aromatic N) is 4. The number of thioether (sulfide) groups is 1. The van der Waals surface area contributed by atoms with Crippen LogP contribution in [0.3, 0.4) is 0 Å². The molecule has 0 spiro atoms. The molecule has 0 saturated heterocycles. The molecule has 0 radical (unpaired) electrons. The fourth-order valence-electron chi connectivity index (χ4n) is 3.05. The quantitative estimate of drug-likeness (QED) is 0.603. The van der Waals surface area contributed by atoms with Gasteiger partial charge in [0.05, 0.1) is 0 Å². The van der Waals surface area contributed by atoms with Crippen LogP contribution < -0.4 is 11.2 Å². The van der Waals surface area contributed by atoms with Gasteiger partial charge in [0.2, 0.25) is 0 Å². The number of rotatable bonds is 7. The summed E-state index contributed by atoms with van der Waals surface area (Å²) in [5.41, 5.74) is 0.764. The third-order valence-corrected chi connectivity index (χ3v) is 6.02. The Hall–Kier alpha value is -2.81. The minimum atomic E-state index is -0.934. The Kier molecular flexibility index (Phi) is 5.73. The number of aliphatic carboxylic acids is 1. The molecule has 1 aromatic carbocycles. The Balaban J connectivity index is 2.16. The first kappa shape index (κ1) is 19.9. The van der Waals surface area contributed by atoms with E-state index in [2.05, 4.69) is 4.98 Å². The van der Waals surface area contributed by atoms with Crippen LogP contribution in [0, 0.1) is 0 Å². The van der Waals surface area contributed by atoms with E-state index in [1.165, 1.54) is 11.6 Å². The van der Waals surface area contributed by atoms with Crippen LogP contribution in [0.4, 0.5) is 0 Å². The van der Waals surface area contributed by atoms with Gasteiger partial charge < -0.3 is 9.67 Å². The van der Waals surface area contributed by atoms with Crippen LogP contribution in [-0.4, -0.2) is 35.0 Å². The van der Waals surface area contributed by atoms with E-state index in [1.54, 1.807) is 18.5 Å². The van der Waals surface area contributed by atoms with Gasteiger partial charge >= 0.3 is 11.7 Å². The van der Waals surface area contributed by atoms with E-state index in [4.69, 9.17) is 0 Å². The predicted octanol–water partition coefficient (Wildman–Crippen LogP) is 1.63. The average molecular weight is 402 g/mol. The van der Waals surface area contributed by atoms with Crippen molar-refractivity contribution in [1.82, 2.24) is 18.7 Å². The van der Waals surface area contributed by atoms with Crippen LogP contribution in [0.1, 0.15) is 18.9 Å². The smallest absolute Gasteiger partial charge is 0.332 e. The largest absolute Gasteiger partial charge is 0.480 e. The number of imidazole rings is 1. The number of carboxylic acids is 1. The molecule has 8 nitrogen and oxygen atoms in total. The Morgan fingerprint density at radius 2 is 1.86 bits per heavy atom. The number of fused-ring (bicyclic) bond motifs is 1. The number of hydrogen-bond acceptors (Lipinski definition) is 5. The van der Waals surface area contributed by atoms with E-state index in [9.17, 15) is 19.5 Å². The average Bonchev–Trinajstić information content (AvgIpc) is 3.06. The Labute approximate surface area is 165 Å². The van der Waals surface area contributed by atoms with Gasteiger partial charge in [0.1, 0.15) is 5.25 Å². The van der Waals surface area contributed by atoms with Crippen LogP contribution in [0.2, 0.25) is 0 Å². The molecule has 28 heavy (non-hydrogen) atoms. The summed E-state index contributed by atoms with van der Waals surface area (Å²) < 4.78 is 4.11. The highest BCUT2D eigenvalue weighted by Gasteiger charge is 2.24. The molecule has 1 N–H and O–H groups in total. The molecular formula is C19H22N4O4S. The van der Waals surface area contributed by atoms with E-state index in [0.717, 1.165) is 21.9 Å². The molecular weight excluding hydrogens is 380 g/mol. The topological polar surface area (TPSA) is 99.1 Å². The van der Waals surface area contributed by atoms with Gasteiger partial charge in [0, 0.05) is 20.6 Å². The third-order valence-electron chi connectivity index (χ3n) is 4.67. The van der Waals surface area contributed by atoms with E-state index in [0.29, 0.717) is 30.1 Å². The second-order valence-electron chi connectivity index (χ2n) is 6.51. The summed E-state index contributed by atoms with van der Waals surface area (Å²) in [7, 11) is 2.99. The van der Waals surface area contributed by atoms with Crippen molar-refractivity contribution in [2.75, 3.05) is 0 Å². The van der Waals surface area contributed by atoms with Crippen molar-refractivity contribution in [3.05, 3.63) is 56.7 Å². The van der Waals surface area contributed by atoms with Gasteiger partial charge in [-0.2, -0.15) is 0 Å². The highest BCUT2D eigenvalue weighted by molar-refractivity contribution is 8.00. The fraction of sp³-hybridized carbons (Fsp3) is 0.368. The Bertz CT molecular complexity index is 1130. The molecule has 0 bridgehead atoms. The summed E-state index contributed by atoms with van der Waals surface area (Å²) in [5, 5.41) is 9.17. The Morgan fingerprint density at radius 3 is 2.46 bits per heavy atom. The molecule has 2 heterocycles. The summed E-state index contributed by atoms with van der Waals surface area (Å²) in [4.78, 5) is 41.0. The van der Waals surface area contributed by atoms with Crippen molar-refractivity contribution in [3.63, 3.8) is 0 Å². The molecule has 0 fully saturated rings. The predicted molar refractivity (Wildman–Crippen MR) is 108 cm³/mol. The molecule has 0 aliphatic rings. The van der Waals surface area contributed by atoms with Gasteiger partial charge in [-0.15, -0.1) is 0 Å². The molecule has 2 aromatic heterocycles. The van der Waals surface area contributed by atoms with Crippen molar-refractivity contribution in [2.45, 2.75) is 36.7 Å². The van der Waals surface area contributed by atoms with Gasteiger partial charge in [-0.25, -0.2) is 9.78 Å². The standard InChI is InChI=1S/C19H22N4O4S/c1-4-13(17(25)26)28-18-20-15-14(16(24)22(3)19(27)21(15)2)23(18)11-10-12-8-6-5-7-9-12/h5-9,13H,4,10-11H2,1-3H3,(H,25,26). The van der Waals surface area contributed by atoms with Gasteiger partial charge in [0.15, 0.2) is 16.3 Å². The van der Waals surface area contributed by atoms with E-state index >= 15 is 0 Å². The molecule has 3 aromatic rings. The summed E-state index contributed by atoms with van der Waals surface area (Å²) in [6.45, 7) is 2.24. The van der Waals surface area contributed by atoms with Crippen LogP contribution in [0.5, 0.6) is 0 Å². The van der Waals surface area contributed by atoms with Crippen LogP contribution >= 0.6 is 11.8 Å². The first-order valence-electron chi connectivity index (χ1n) is 8.94. The van der Waals surface area contributed by atoms with Gasteiger partial charge in [-0.3, -0.25) is 18.7 Å². The summed E-state index contributed by atoms with van der Waals surface area (Å²) in [6, 6.07) is 9.80. The van der Waals surface area contributed by atoms with Gasteiger partial charge in [-0.05, 0) is 18.4 Å². The van der Waals surface area contributed by atoms with Crippen LogP contribution in [0.15, 0.2) is 45.1 Å². The second kappa shape index (κ2) is 8.05. The molecule has 9 heteroatoms. The maximum Gasteiger partial charge on any atom is 0.332 e. The lowest BCUT2D eigenvalue weighted by Crippen LogP contribution is -2.37. The molecule has 1 atom stereocenters. The summed E-state index contributed by atoms with van der Waals surface area (Å²) in [5.74, 6) is -0.934. The molecule has 3 rings (SSSR count). The number of aromatic nitrogens is 4. The molecule has 1 unspecified atom stereocenters. The summed E-state index contributed by atoms with van der Waals surface area (Å²) >= 11 is 1.10. The zero-order valence-electron chi connectivity index (χ0n) is 16.0. The van der Waals surface area contributed by atoms with E-state index in [-0.39, 0.29) is 5.65 Å². The van der Waals surface area contributed by atoms with Crippen molar-refractivity contribution in [2.24, 2.45) is 14.1 Å². The van der Waals surface area contributed by atoms with Crippen molar-refractivity contribution < 1.29 is 9.90 Å². The normalized spacial score (nSPS) is 12.4. The maximum atomic E-state index is 12.8. The van der Waals surface area contributed by atoms with Crippen LogP contribution in [-0.2, 0) is 31.9 Å². The molecule has 148 valence electrons. The number of benzene rings is 1. The third kappa shape index (κ3) is 3.62. The van der Waals surface area contributed by atoms with Gasteiger partial charge in [0.25, 0.3) is 5.56 Å². The fourth-order valence-corrected chi connectivity index (χ4v) is 4.02. The lowest BCUT2D eigenvalue weighted by molar-refractivity contribution is -0.136. The Morgan fingerprint density at radius 1 is 1.18 bits per heavy atom. The number of aryl methyl sites for hydroxylation is 3. The molecule has 0 saturated carbocycles. The lowest BCUT2D eigenvalue weighted by Gasteiger charge is -2.12. The highest BCUT2D eigenvalue weighted by Crippen LogP contribution is 2.27.